The number of carbonyl (C=O) groups excluding carboxylic acids is 2. The van der Waals surface area contributed by atoms with Crippen LogP contribution in [0.4, 0.5) is 4.79 Å². The van der Waals surface area contributed by atoms with E-state index in [-0.39, 0.29) is 5.91 Å². The first-order valence-corrected chi connectivity index (χ1v) is 7.35. The lowest BCUT2D eigenvalue weighted by atomic mass is 10.2. The first-order valence-electron chi connectivity index (χ1n) is 7.35. The molecule has 0 spiro atoms. The maximum Gasteiger partial charge on any atom is 0.407 e. The maximum absolute atomic E-state index is 11.6. The third kappa shape index (κ3) is 6.60. The van der Waals surface area contributed by atoms with Gasteiger partial charge in [0.1, 0.15) is 5.60 Å². The number of alkyl carbamates (subject to hydrolysis) is 1. The lowest BCUT2D eigenvalue weighted by Crippen LogP contribution is -2.33. The number of hydrogen-bond acceptors (Lipinski definition) is 4. The molecule has 1 aromatic heterocycles. The Kier molecular flexibility index (Phi) is 6.39. The van der Waals surface area contributed by atoms with Crippen LogP contribution < -0.4 is 5.32 Å². The number of nitrogens with one attached hydrogen (secondary N) is 1. The molecule has 0 bridgehead atoms. The first-order chi connectivity index (χ1) is 10.2. The van der Waals surface area contributed by atoms with E-state index in [4.69, 9.17) is 4.74 Å². The van der Waals surface area contributed by atoms with Crippen LogP contribution in [0.3, 0.4) is 0 Å². The molecule has 1 heterocycles. The van der Waals surface area contributed by atoms with E-state index in [0.29, 0.717) is 25.9 Å². The molecule has 0 radical (unpaired) electrons. The van der Waals surface area contributed by atoms with Gasteiger partial charge in [-0.2, -0.15) is 0 Å². The molecule has 0 fully saturated rings. The average Bonchev–Trinajstić information content (AvgIpc) is 2.81. The summed E-state index contributed by atoms with van der Waals surface area (Å²) < 4.78 is 7.10. The standard InChI is InChI=1S/C15H26N4O3/c1-15(2,3)22-14(21)17-8-6-12-10-16-11-19(12)9-7-13(20)18(4)5/h10-11H,6-9H2,1-5H3,(H,17,21). The van der Waals surface area contributed by atoms with Crippen molar-refractivity contribution < 1.29 is 14.3 Å². The van der Waals surface area contributed by atoms with E-state index in [2.05, 4.69) is 10.3 Å². The smallest absolute Gasteiger partial charge is 0.407 e. The molecular formula is C15H26N4O3. The Morgan fingerprint density at radius 2 is 2.05 bits per heavy atom. The van der Waals surface area contributed by atoms with Crippen molar-refractivity contribution in [3.05, 3.63) is 18.2 Å². The summed E-state index contributed by atoms with van der Waals surface area (Å²) in [5, 5.41) is 2.71. The molecule has 1 rings (SSSR count). The average molecular weight is 310 g/mol. The van der Waals surface area contributed by atoms with Crippen molar-refractivity contribution in [2.75, 3.05) is 20.6 Å². The highest BCUT2D eigenvalue weighted by Gasteiger charge is 2.15. The zero-order valence-electron chi connectivity index (χ0n) is 14.0. The summed E-state index contributed by atoms with van der Waals surface area (Å²) in [5.74, 6) is 0.0755. The summed E-state index contributed by atoms with van der Waals surface area (Å²) in [4.78, 5) is 28.8. The third-order valence-corrected chi connectivity index (χ3v) is 2.91. The second-order valence-corrected chi connectivity index (χ2v) is 6.30. The van der Waals surface area contributed by atoms with E-state index in [1.165, 1.54) is 0 Å². The molecule has 124 valence electrons. The Morgan fingerprint density at radius 1 is 1.36 bits per heavy atom. The Hall–Kier alpha value is -2.05. The Bertz CT molecular complexity index is 503. The van der Waals surface area contributed by atoms with Crippen molar-refractivity contribution >= 4 is 12.0 Å². The molecule has 22 heavy (non-hydrogen) atoms. The molecule has 0 saturated heterocycles. The zero-order valence-corrected chi connectivity index (χ0v) is 14.0. The maximum atomic E-state index is 11.6. The van der Waals surface area contributed by atoms with Gasteiger partial charge in [-0.15, -0.1) is 0 Å². The Morgan fingerprint density at radius 3 is 2.64 bits per heavy atom. The van der Waals surface area contributed by atoms with E-state index < -0.39 is 11.7 Å². The third-order valence-electron chi connectivity index (χ3n) is 2.91. The van der Waals surface area contributed by atoms with Gasteiger partial charge in [0.05, 0.1) is 6.33 Å². The predicted octanol–water partition coefficient (Wildman–Crippen LogP) is 1.43. The van der Waals surface area contributed by atoms with Gasteiger partial charge in [0.25, 0.3) is 0 Å². The molecule has 0 aromatic carbocycles. The molecule has 7 nitrogen and oxygen atoms in total. The van der Waals surface area contributed by atoms with Gasteiger partial charge in [-0.05, 0) is 20.8 Å². The van der Waals surface area contributed by atoms with E-state index >= 15 is 0 Å². The Labute approximate surface area is 131 Å². The quantitative estimate of drug-likeness (QED) is 0.862. The fourth-order valence-electron chi connectivity index (χ4n) is 1.80. The molecule has 0 atom stereocenters. The van der Waals surface area contributed by atoms with Crippen LogP contribution in [0.5, 0.6) is 0 Å². The van der Waals surface area contributed by atoms with Crippen LogP contribution in [0.1, 0.15) is 32.9 Å². The van der Waals surface area contributed by atoms with E-state index in [9.17, 15) is 9.59 Å². The molecule has 0 aliphatic carbocycles. The van der Waals surface area contributed by atoms with Crippen LogP contribution in [0.15, 0.2) is 12.5 Å². The van der Waals surface area contributed by atoms with Crippen molar-refractivity contribution in [3.63, 3.8) is 0 Å². The summed E-state index contributed by atoms with van der Waals surface area (Å²) in [6.45, 7) is 6.51. The van der Waals surface area contributed by atoms with Gasteiger partial charge in [-0.3, -0.25) is 4.79 Å². The molecule has 1 N–H and O–H groups in total. The summed E-state index contributed by atoms with van der Waals surface area (Å²) in [6, 6.07) is 0. The van der Waals surface area contributed by atoms with Crippen molar-refractivity contribution in [1.82, 2.24) is 19.8 Å². The molecule has 0 saturated carbocycles. The number of aromatic nitrogens is 2. The molecule has 2 amide bonds. The molecule has 0 aliphatic heterocycles. The molecule has 7 heteroatoms. The second kappa shape index (κ2) is 7.82. The normalized spacial score (nSPS) is 11.1. The van der Waals surface area contributed by atoms with E-state index in [1.54, 1.807) is 31.5 Å². The fourth-order valence-corrected chi connectivity index (χ4v) is 1.80. The number of rotatable bonds is 6. The number of imidazole rings is 1. The number of hydrogen-bond donors (Lipinski definition) is 1. The van der Waals surface area contributed by atoms with Crippen LogP contribution in [-0.4, -0.2) is 52.7 Å². The first kappa shape index (κ1) is 18.0. The SMILES string of the molecule is CN(C)C(=O)CCn1cncc1CCNC(=O)OC(C)(C)C. The summed E-state index contributed by atoms with van der Waals surface area (Å²) in [7, 11) is 3.48. The lowest BCUT2D eigenvalue weighted by molar-refractivity contribution is -0.128. The number of carbonyl (C=O) groups is 2. The van der Waals surface area contributed by atoms with Crippen LogP contribution in [-0.2, 0) is 22.5 Å². The molecule has 0 unspecified atom stereocenters. The molecular weight excluding hydrogens is 284 g/mol. The zero-order chi connectivity index (χ0) is 16.8. The van der Waals surface area contributed by atoms with E-state index in [0.717, 1.165) is 5.69 Å². The van der Waals surface area contributed by atoms with Crippen LogP contribution in [0.2, 0.25) is 0 Å². The van der Waals surface area contributed by atoms with Gasteiger partial charge in [-0.1, -0.05) is 0 Å². The van der Waals surface area contributed by atoms with Crippen LogP contribution >= 0.6 is 0 Å². The van der Waals surface area contributed by atoms with Crippen molar-refractivity contribution in [2.24, 2.45) is 0 Å². The topological polar surface area (TPSA) is 76.5 Å². The van der Waals surface area contributed by atoms with E-state index in [1.807, 2.05) is 25.3 Å². The van der Waals surface area contributed by atoms with Crippen molar-refractivity contribution in [3.8, 4) is 0 Å². The summed E-state index contributed by atoms with van der Waals surface area (Å²) >= 11 is 0. The van der Waals surface area contributed by atoms with Gasteiger partial charge in [0.15, 0.2) is 0 Å². The van der Waals surface area contributed by atoms with Gasteiger partial charge in [-0.25, -0.2) is 9.78 Å². The van der Waals surface area contributed by atoms with Crippen LogP contribution in [0.25, 0.3) is 0 Å². The van der Waals surface area contributed by atoms with Gasteiger partial charge >= 0.3 is 6.09 Å². The minimum atomic E-state index is -0.502. The van der Waals surface area contributed by atoms with Crippen molar-refractivity contribution in [2.45, 2.75) is 45.8 Å². The number of nitrogens with zero attached hydrogens (tertiary/aromatic N) is 3. The highest BCUT2D eigenvalue weighted by Crippen LogP contribution is 2.07. The van der Waals surface area contributed by atoms with Crippen LogP contribution in [0, 0.1) is 0 Å². The Balaban J connectivity index is 2.40. The highest BCUT2D eigenvalue weighted by molar-refractivity contribution is 5.75. The lowest BCUT2D eigenvalue weighted by Gasteiger charge is -2.19. The number of aryl methyl sites for hydroxylation is 1. The monoisotopic (exact) mass is 310 g/mol. The summed E-state index contributed by atoms with van der Waals surface area (Å²) in [6.07, 6.45) is 4.08. The van der Waals surface area contributed by atoms with Crippen molar-refractivity contribution in [1.29, 1.82) is 0 Å². The predicted molar refractivity (Wildman–Crippen MR) is 83.5 cm³/mol. The second-order valence-electron chi connectivity index (χ2n) is 6.30. The highest BCUT2D eigenvalue weighted by atomic mass is 16.6. The largest absolute Gasteiger partial charge is 0.444 e. The van der Waals surface area contributed by atoms with Gasteiger partial charge in [0.2, 0.25) is 5.91 Å². The minimum absolute atomic E-state index is 0.0755. The minimum Gasteiger partial charge on any atom is -0.444 e. The number of amides is 2. The fraction of sp³-hybridized carbons (Fsp3) is 0.667. The van der Waals surface area contributed by atoms with Gasteiger partial charge < -0.3 is 19.5 Å². The molecule has 0 aliphatic rings. The van der Waals surface area contributed by atoms with Gasteiger partial charge in [0, 0.05) is 51.9 Å². The molecule has 1 aromatic rings. The summed E-state index contributed by atoms with van der Waals surface area (Å²) in [5.41, 5.74) is 0.473. The number of ether oxygens (including phenoxy) is 1.